The minimum Gasteiger partial charge on any atom is -0.389 e. The predicted molar refractivity (Wildman–Crippen MR) is 68.3 cm³/mol. The van der Waals surface area contributed by atoms with Crippen LogP contribution in [-0.2, 0) is 0 Å². The van der Waals surface area contributed by atoms with Crippen molar-refractivity contribution in [3.8, 4) is 0 Å². The van der Waals surface area contributed by atoms with Crippen molar-refractivity contribution in [2.24, 2.45) is 17.8 Å². The second kappa shape index (κ2) is 5.08. The zero-order chi connectivity index (χ0) is 11.6. The van der Waals surface area contributed by atoms with Gasteiger partial charge in [-0.1, -0.05) is 39.5 Å². The number of rotatable bonds is 5. The van der Waals surface area contributed by atoms with Gasteiger partial charge in [0.15, 0.2) is 0 Å². The summed E-state index contributed by atoms with van der Waals surface area (Å²) >= 11 is 0. The van der Waals surface area contributed by atoms with Crippen molar-refractivity contribution in [2.45, 2.75) is 77.2 Å². The zero-order valence-electron chi connectivity index (χ0n) is 11.0. The van der Waals surface area contributed by atoms with Crippen LogP contribution in [0.25, 0.3) is 0 Å². The first-order valence-electron chi connectivity index (χ1n) is 7.39. The molecule has 0 radical (unpaired) electrons. The molecule has 2 rings (SSSR count). The zero-order valence-corrected chi connectivity index (χ0v) is 11.0. The Kier molecular flexibility index (Phi) is 3.94. The quantitative estimate of drug-likeness (QED) is 0.744. The Bertz CT molecular complexity index is 215. The highest BCUT2D eigenvalue weighted by atomic mass is 16.3. The van der Waals surface area contributed by atoms with Gasteiger partial charge in [0.05, 0.1) is 5.60 Å². The molecule has 2 atom stereocenters. The van der Waals surface area contributed by atoms with Gasteiger partial charge in [-0.2, -0.15) is 0 Å². The molecule has 0 spiro atoms. The van der Waals surface area contributed by atoms with Crippen LogP contribution in [0.15, 0.2) is 0 Å². The smallest absolute Gasteiger partial charge is 0.0706 e. The molecule has 2 saturated carbocycles. The largest absolute Gasteiger partial charge is 0.389 e. The Labute approximate surface area is 101 Å². The van der Waals surface area contributed by atoms with Gasteiger partial charge in [0, 0.05) is 0 Å². The van der Waals surface area contributed by atoms with Gasteiger partial charge in [0.25, 0.3) is 0 Å². The summed E-state index contributed by atoms with van der Waals surface area (Å²) in [5, 5.41) is 11.1. The van der Waals surface area contributed by atoms with E-state index in [0.717, 1.165) is 6.42 Å². The molecule has 0 aromatic heterocycles. The first-order valence-corrected chi connectivity index (χ1v) is 7.39. The maximum absolute atomic E-state index is 11.1. The SMILES string of the molecule is CCC(C)CC(O)(C1CCCCC1)C1CC1. The van der Waals surface area contributed by atoms with E-state index < -0.39 is 0 Å². The van der Waals surface area contributed by atoms with Gasteiger partial charge in [-0.25, -0.2) is 0 Å². The van der Waals surface area contributed by atoms with Crippen molar-refractivity contribution in [1.29, 1.82) is 0 Å². The van der Waals surface area contributed by atoms with E-state index in [2.05, 4.69) is 13.8 Å². The van der Waals surface area contributed by atoms with Crippen LogP contribution < -0.4 is 0 Å². The lowest BCUT2D eigenvalue weighted by Crippen LogP contribution is -2.42. The van der Waals surface area contributed by atoms with Gasteiger partial charge in [0.2, 0.25) is 0 Å². The lowest BCUT2D eigenvalue weighted by atomic mass is 9.70. The first kappa shape index (κ1) is 12.4. The molecule has 0 aromatic rings. The number of hydrogen-bond acceptors (Lipinski definition) is 1. The van der Waals surface area contributed by atoms with Crippen LogP contribution in [0.3, 0.4) is 0 Å². The molecule has 94 valence electrons. The van der Waals surface area contributed by atoms with Gasteiger partial charge in [-0.05, 0) is 49.9 Å². The second-order valence-corrected chi connectivity index (χ2v) is 6.32. The van der Waals surface area contributed by atoms with E-state index in [1.54, 1.807) is 0 Å². The molecule has 16 heavy (non-hydrogen) atoms. The molecule has 0 heterocycles. The van der Waals surface area contributed by atoms with Gasteiger partial charge < -0.3 is 5.11 Å². The molecule has 0 amide bonds. The normalized spacial score (nSPS) is 28.7. The molecule has 0 aromatic carbocycles. The van der Waals surface area contributed by atoms with Crippen LogP contribution in [0.1, 0.15) is 71.6 Å². The number of aliphatic hydroxyl groups is 1. The summed E-state index contributed by atoms with van der Waals surface area (Å²) in [5.41, 5.74) is -0.296. The van der Waals surface area contributed by atoms with Crippen molar-refractivity contribution in [2.75, 3.05) is 0 Å². The Morgan fingerprint density at radius 1 is 1.06 bits per heavy atom. The molecule has 0 aliphatic heterocycles. The number of hydrogen-bond donors (Lipinski definition) is 1. The molecular weight excluding hydrogens is 196 g/mol. The third-order valence-corrected chi connectivity index (χ3v) is 4.97. The fourth-order valence-electron chi connectivity index (χ4n) is 3.55. The highest BCUT2D eigenvalue weighted by Crippen LogP contribution is 2.50. The minimum absolute atomic E-state index is 0.296. The maximum Gasteiger partial charge on any atom is 0.0706 e. The Morgan fingerprint density at radius 2 is 1.62 bits per heavy atom. The van der Waals surface area contributed by atoms with E-state index >= 15 is 0 Å². The van der Waals surface area contributed by atoms with Crippen molar-refractivity contribution in [3.63, 3.8) is 0 Å². The third-order valence-electron chi connectivity index (χ3n) is 4.97. The van der Waals surface area contributed by atoms with E-state index in [0.29, 0.717) is 17.8 Å². The highest BCUT2D eigenvalue weighted by molar-refractivity contribution is 5.00. The molecule has 1 nitrogen and oxygen atoms in total. The minimum atomic E-state index is -0.296. The first-order chi connectivity index (χ1) is 7.66. The second-order valence-electron chi connectivity index (χ2n) is 6.32. The van der Waals surface area contributed by atoms with Crippen LogP contribution in [0.5, 0.6) is 0 Å². The predicted octanol–water partition coefficient (Wildman–Crippen LogP) is 4.14. The molecule has 0 saturated heterocycles. The van der Waals surface area contributed by atoms with E-state index in [1.165, 1.54) is 51.4 Å². The molecule has 2 aliphatic rings. The summed E-state index contributed by atoms with van der Waals surface area (Å²) in [5.74, 6) is 1.94. The van der Waals surface area contributed by atoms with Crippen molar-refractivity contribution in [3.05, 3.63) is 0 Å². The summed E-state index contributed by atoms with van der Waals surface area (Å²) in [7, 11) is 0. The fourth-order valence-corrected chi connectivity index (χ4v) is 3.55. The third kappa shape index (κ3) is 2.61. The molecule has 0 bridgehead atoms. The van der Waals surface area contributed by atoms with Gasteiger partial charge in [0.1, 0.15) is 0 Å². The van der Waals surface area contributed by atoms with Crippen LogP contribution >= 0.6 is 0 Å². The summed E-state index contributed by atoms with van der Waals surface area (Å²) in [6.45, 7) is 4.55. The van der Waals surface area contributed by atoms with E-state index in [4.69, 9.17) is 0 Å². The van der Waals surface area contributed by atoms with Crippen molar-refractivity contribution in [1.82, 2.24) is 0 Å². The summed E-state index contributed by atoms with van der Waals surface area (Å²) < 4.78 is 0. The Morgan fingerprint density at radius 3 is 2.12 bits per heavy atom. The van der Waals surface area contributed by atoms with Crippen LogP contribution in [0, 0.1) is 17.8 Å². The Hall–Kier alpha value is -0.0400. The fraction of sp³-hybridized carbons (Fsp3) is 1.00. The van der Waals surface area contributed by atoms with Gasteiger partial charge in [-0.15, -0.1) is 0 Å². The van der Waals surface area contributed by atoms with Crippen LogP contribution in [-0.4, -0.2) is 10.7 Å². The molecular formula is C15H28O. The van der Waals surface area contributed by atoms with Crippen LogP contribution in [0.2, 0.25) is 0 Å². The lowest BCUT2D eigenvalue weighted by molar-refractivity contribution is -0.0692. The standard InChI is InChI=1S/C15H28O/c1-3-12(2)11-15(16,14-9-10-14)13-7-5-4-6-8-13/h12-14,16H,3-11H2,1-2H3. The lowest BCUT2D eigenvalue weighted by Gasteiger charge is -2.40. The molecule has 2 fully saturated rings. The highest BCUT2D eigenvalue weighted by Gasteiger charge is 2.49. The van der Waals surface area contributed by atoms with E-state index in [1.807, 2.05) is 0 Å². The molecule has 2 aliphatic carbocycles. The average molecular weight is 224 g/mol. The van der Waals surface area contributed by atoms with Crippen molar-refractivity contribution < 1.29 is 5.11 Å². The average Bonchev–Trinajstić information content (AvgIpc) is 3.14. The topological polar surface area (TPSA) is 20.2 Å². The van der Waals surface area contributed by atoms with Crippen molar-refractivity contribution >= 4 is 0 Å². The van der Waals surface area contributed by atoms with Gasteiger partial charge >= 0.3 is 0 Å². The summed E-state index contributed by atoms with van der Waals surface area (Å²) in [6.07, 6.45) is 11.5. The molecule has 1 N–H and O–H groups in total. The molecule has 1 heteroatoms. The van der Waals surface area contributed by atoms with Gasteiger partial charge in [-0.3, -0.25) is 0 Å². The Balaban J connectivity index is 2.01. The molecule has 2 unspecified atom stereocenters. The summed E-state index contributed by atoms with van der Waals surface area (Å²) in [6, 6.07) is 0. The van der Waals surface area contributed by atoms with E-state index in [9.17, 15) is 5.11 Å². The summed E-state index contributed by atoms with van der Waals surface area (Å²) in [4.78, 5) is 0. The van der Waals surface area contributed by atoms with E-state index in [-0.39, 0.29) is 5.60 Å². The maximum atomic E-state index is 11.1. The monoisotopic (exact) mass is 224 g/mol. The van der Waals surface area contributed by atoms with Crippen LogP contribution in [0.4, 0.5) is 0 Å².